The minimum atomic E-state index is -0.0513. The molecule has 0 radical (unpaired) electrons. The minimum Gasteiger partial charge on any atom is -0.488 e. The summed E-state index contributed by atoms with van der Waals surface area (Å²) in [5.41, 5.74) is 0.772. The molecule has 0 amide bonds. The van der Waals surface area contributed by atoms with Gasteiger partial charge in [-0.15, -0.1) is 0 Å². The molecule has 4 heteroatoms. The lowest BCUT2D eigenvalue weighted by Crippen LogP contribution is -2.45. The lowest BCUT2D eigenvalue weighted by molar-refractivity contribution is -0.129. The van der Waals surface area contributed by atoms with Crippen molar-refractivity contribution in [1.29, 1.82) is 0 Å². The Labute approximate surface area is 131 Å². The van der Waals surface area contributed by atoms with Gasteiger partial charge in [-0.1, -0.05) is 43.0 Å². The summed E-state index contributed by atoms with van der Waals surface area (Å²) >= 11 is 6.24. The van der Waals surface area contributed by atoms with E-state index < -0.39 is 0 Å². The van der Waals surface area contributed by atoms with Crippen molar-refractivity contribution in [1.82, 2.24) is 0 Å². The van der Waals surface area contributed by atoms with Crippen molar-refractivity contribution < 1.29 is 14.6 Å². The van der Waals surface area contributed by atoms with E-state index in [1.165, 1.54) is 19.3 Å². The van der Waals surface area contributed by atoms with Crippen LogP contribution in [0.15, 0.2) is 18.2 Å². The minimum absolute atomic E-state index is 0.0157. The predicted molar refractivity (Wildman–Crippen MR) is 82.8 cm³/mol. The van der Waals surface area contributed by atoms with E-state index in [1.54, 1.807) is 0 Å². The highest BCUT2D eigenvalue weighted by Gasteiger charge is 2.39. The van der Waals surface area contributed by atoms with Gasteiger partial charge in [-0.2, -0.15) is 0 Å². The number of hydrogen-bond acceptors (Lipinski definition) is 3. The fourth-order valence-corrected chi connectivity index (χ4v) is 3.84. The van der Waals surface area contributed by atoms with Crippen LogP contribution in [0.5, 0.6) is 5.75 Å². The van der Waals surface area contributed by atoms with E-state index in [2.05, 4.69) is 0 Å². The van der Waals surface area contributed by atoms with Crippen molar-refractivity contribution >= 4 is 11.6 Å². The van der Waals surface area contributed by atoms with Crippen molar-refractivity contribution in [3.63, 3.8) is 0 Å². The molecule has 1 aliphatic heterocycles. The molecule has 116 valence electrons. The highest BCUT2D eigenvalue weighted by atomic mass is 35.5. The fourth-order valence-electron chi connectivity index (χ4n) is 3.60. The molecule has 21 heavy (non-hydrogen) atoms. The van der Waals surface area contributed by atoms with Crippen molar-refractivity contribution in [2.45, 2.75) is 63.3 Å². The highest BCUT2D eigenvalue weighted by Crippen LogP contribution is 2.40. The Morgan fingerprint density at radius 3 is 2.86 bits per heavy atom. The number of rotatable bonds is 3. The second kappa shape index (κ2) is 6.55. The molecular formula is C17H23ClO3. The largest absolute Gasteiger partial charge is 0.488 e. The molecule has 1 unspecified atom stereocenters. The van der Waals surface area contributed by atoms with Crippen LogP contribution in [0.1, 0.15) is 50.5 Å². The zero-order valence-corrected chi connectivity index (χ0v) is 13.1. The number of halogens is 1. The number of benzene rings is 1. The number of para-hydroxylation sites is 1. The molecule has 1 atom stereocenters. The monoisotopic (exact) mass is 310 g/mol. The molecule has 0 bridgehead atoms. The van der Waals surface area contributed by atoms with Crippen LogP contribution in [-0.2, 0) is 11.3 Å². The van der Waals surface area contributed by atoms with Crippen molar-refractivity contribution in [2.75, 3.05) is 6.61 Å². The standard InChI is InChI=1S/C17H23ClO3/c18-15-6-4-5-13(12-19)16(15)21-14-7-10-20-17(11-14)8-2-1-3-9-17/h4-6,14,19H,1-3,7-12H2. The third-order valence-electron chi connectivity index (χ3n) is 4.72. The molecule has 2 fully saturated rings. The summed E-state index contributed by atoms with van der Waals surface area (Å²) in [6.45, 7) is 0.702. The van der Waals surface area contributed by atoms with Crippen molar-refractivity contribution in [3.8, 4) is 5.75 Å². The van der Waals surface area contributed by atoms with Crippen LogP contribution >= 0.6 is 11.6 Å². The molecule has 3 rings (SSSR count). The van der Waals surface area contributed by atoms with E-state index in [4.69, 9.17) is 21.1 Å². The molecule has 3 nitrogen and oxygen atoms in total. The van der Waals surface area contributed by atoms with Crippen LogP contribution in [0.2, 0.25) is 5.02 Å². The maximum Gasteiger partial charge on any atom is 0.143 e. The Hall–Kier alpha value is -0.770. The summed E-state index contributed by atoms with van der Waals surface area (Å²) in [4.78, 5) is 0. The summed E-state index contributed by atoms with van der Waals surface area (Å²) in [5.74, 6) is 0.638. The zero-order valence-electron chi connectivity index (χ0n) is 12.3. The molecule has 1 saturated carbocycles. The van der Waals surface area contributed by atoms with E-state index in [0.29, 0.717) is 10.8 Å². The number of aliphatic hydroxyl groups is 1. The van der Waals surface area contributed by atoms with Crippen LogP contribution < -0.4 is 4.74 Å². The molecule has 1 N–H and O–H groups in total. The van der Waals surface area contributed by atoms with Crippen LogP contribution in [-0.4, -0.2) is 23.4 Å². The number of ether oxygens (including phenoxy) is 2. The van der Waals surface area contributed by atoms with Gasteiger partial charge in [0.1, 0.15) is 11.9 Å². The van der Waals surface area contributed by atoms with Crippen LogP contribution in [0.25, 0.3) is 0 Å². The van der Waals surface area contributed by atoms with E-state index in [-0.39, 0.29) is 18.3 Å². The Morgan fingerprint density at radius 1 is 1.29 bits per heavy atom. The second-order valence-electron chi connectivity index (χ2n) is 6.21. The van der Waals surface area contributed by atoms with E-state index in [0.717, 1.165) is 37.9 Å². The molecular weight excluding hydrogens is 288 g/mol. The van der Waals surface area contributed by atoms with Gasteiger partial charge in [0.25, 0.3) is 0 Å². The molecule has 1 spiro atoms. The van der Waals surface area contributed by atoms with Gasteiger partial charge in [0.2, 0.25) is 0 Å². The van der Waals surface area contributed by atoms with Gasteiger partial charge in [0.15, 0.2) is 0 Å². The van der Waals surface area contributed by atoms with Gasteiger partial charge in [0.05, 0.1) is 23.8 Å². The summed E-state index contributed by atoms with van der Waals surface area (Å²) in [6, 6.07) is 5.51. The molecule has 1 aromatic carbocycles. The van der Waals surface area contributed by atoms with Gasteiger partial charge in [-0.3, -0.25) is 0 Å². The molecule has 1 heterocycles. The number of aliphatic hydroxyl groups excluding tert-OH is 1. The fraction of sp³-hybridized carbons (Fsp3) is 0.647. The van der Waals surface area contributed by atoms with Gasteiger partial charge in [-0.05, 0) is 18.9 Å². The van der Waals surface area contributed by atoms with Crippen molar-refractivity contribution in [3.05, 3.63) is 28.8 Å². The topological polar surface area (TPSA) is 38.7 Å². The summed E-state index contributed by atoms with van der Waals surface area (Å²) in [7, 11) is 0. The molecule has 1 aliphatic carbocycles. The lowest BCUT2D eigenvalue weighted by atomic mass is 9.79. The number of hydrogen-bond donors (Lipinski definition) is 1. The molecule has 2 aliphatic rings. The Balaban J connectivity index is 1.73. The van der Waals surface area contributed by atoms with Gasteiger partial charge in [-0.25, -0.2) is 0 Å². The van der Waals surface area contributed by atoms with Crippen LogP contribution in [0.4, 0.5) is 0 Å². The molecule has 0 aromatic heterocycles. The lowest BCUT2D eigenvalue weighted by Gasteiger charge is -2.43. The van der Waals surface area contributed by atoms with Gasteiger partial charge >= 0.3 is 0 Å². The molecule has 1 aromatic rings. The van der Waals surface area contributed by atoms with E-state index in [1.807, 2.05) is 18.2 Å². The average molecular weight is 311 g/mol. The summed E-state index contributed by atoms with van der Waals surface area (Å²) in [5, 5.41) is 10.0. The first-order valence-corrected chi connectivity index (χ1v) is 8.29. The first kappa shape index (κ1) is 15.1. The average Bonchev–Trinajstić information content (AvgIpc) is 2.50. The summed E-state index contributed by atoms with van der Waals surface area (Å²) in [6.07, 6.45) is 8.05. The van der Waals surface area contributed by atoms with E-state index >= 15 is 0 Å². The van der Waals surface area contributed by atoms with Gasteiger partial charge < -0.3 is 14.6 Å². The van der Waals surface area contributed by atoms with Crippen LogP contribution in [0.3, 0.4) is 0 Å². The Bertz CT molecular complexity index is 477. The SMILES string of the molecule is OCc1cccc(Cl)c1OC1CCOC2(CCCCC2)C1. The summed E-state index contributed by atoms with van der Waals surface area (Å²) < 4.78 is 12.3. The Morgan fingerprint density at radius 2 is 2.10 bits per heavy atom. The Kier molecular flexibility index (Phi) is 4.72. The first-order chi connectivity index (χ1) is 10.2. The predicted octanol–water partition coefficient (Wildman–Crippen LogP) is 4.09. The zero-order chi connectivity index (χ0) is 14.7. The van der Waals surface area contributed by atoms with Crippen LogP contribution in [0, 0.1) is 0 Å². The second-order valence-corrected chi connectivity index (χ2v) is 6.62. The highest BCUT2D eigenvalue weighted by molar-refractivity contribution is 6.32. The quantitative estimate of drug-likeness (QED) is 0.913. The normalized spacial score (nSPS) is 25.0. The van der Waals surface area contributed by atoms with Crippen molar-refractivity contribution in [2.24, 2.45) is 0 Å². The maximum absolute atomic E-state index is 9.45. The first-order valence-electron chi connectivity index (χ1n) is 7.91. The van der Waals surface area contributed by atoms with Gasteiger partial charge in [0, 0.05) is 18.4 Å². The third-order valence-corrected chi connectivity index (χ3v) is 5.01. The maximum atomic E-state index is 9.45. The smallest absolute Gasteiger partial charge is 0.143 e. The third kappa shape index (κ3) is 3.36. The van der Waals surface area contributed by atoms with E-state index in [9.17, 15) is 5.11 Å². The molecule has 1 saturated heterocycles.